The summed E-state index contributed by atoms with van der Waals surface area (Å²) in [6.07, 6.45) is 6.52. The van der Waals surface area contributed by atoms with Gasteiger partial charge in [-0.25, -0.2) is 13.9 Å². The zero-order chi connectivity index (χ0) is 24.7. The second-order valence-corrected chi connectivity index (χ2v) is 8.37. The number of quaternary nitrogens is 1. The van der Waals surface area contributed by atoms with Crippen LogP contribution in [-0.2, 0) is 15.1 Å². The van der Waals surface area contributed by atoms with Crippen molar-refractivity contribution in [2.24, 2.45) is 11.5 Å². The zero-order valence-corrected chi connectivity index (χ0v) is 18.9. The van der Waals surface area contributed by atoms with E-state index in [9.17, 15) is 9.59 Å². The van der Waals surface area contributed by atoms with Crippen LogP contribution in [-0.4, -0.2) is 41.5 Å². The molecular formula is C25H25FN5O3+. The normalized spacial score (nSPS) is 24.0. The Labute approximate surface area is 196 Å². The maximum absolute atomic E-state index is 15.8. The van der Waals surface area contributed by atoms with E-state index in [1.165, 1.54) is 23.9 Å². The van der Waals surface area contributed by atoms with Gasteiger partial charge in [0.2, 0.25) is 5.54 Å². The first-order chi connectivity index (χ1) is 16.2. The van der Waals surface area contributed by atoms with Crippen LogP contribution in [0.15, 0.2) is 54.7 Å². The first-order valence-electron chi connectivity index (χ1n) is 10.6. The van der Waals surface area contributed by atoms with Crippen LogP contribution in [0.3, 0.4) is 0 Å². The zero-order valence-electron chi connectivity index (χ0n) is 18.9. The molecule has 4 N–H and O–H groups in total. The summed E-state index contributed by atoms with van der Waals surface area (Å²) < 4.78 is 22.1. The van der Waals surface area contributed by atoms with Crippen LogP contribution in [0.4, 0.5) is 14.9 Å². The molecule has 1 aliphatic heterocycles. The lowest BCUT2D eigenvalue weighted by atomic mass is 9.83. The van der Waals surface area contributed by atoms with Crippen molar-refractivity contribution >= 4 is 17.6 Å². The lowest BCUT2D eigenvalue weighted by Gasteiger charge is -2.42. The van der Waals surface area contributed by atoms with Crippen molar-refractivity contribution in [3.63, 3.8) is 0 Å². The molecule has 0 radical (unpaired) electrons. The van der Waals surface area contributed by atoms with E-state index in [2.05, 4.69) is 11.0 Å². The summed E-state index contributed by atoms with van der Waals surface area (Å²) in [6.45, 7) is 1.81. The molecule has 34 heavy (non-hydrogen) atoms. The number of carbonyl (C=O) groups is 2. The highest BCUT2D eigenvalue weighted by Crippen LogP contribution is 2.50. The first kappa shape index (κ1) is 23.2. The number of rotatable bonds is 5. The average molecular weight is 463 g/mol. The van der Waals surface area contributed by atoms with Crippen molar-refractivity contribution in [1.82, 2.24) is 14.3 Å². The summed E-state index contributed by atoms with van der Waals surface area (Å²) in [6, 6.07) is 11.7. The fraction of sp³-hybridized carbons (Fsp3) is 0.240. The Morgan fingerprint density at radius 2 is 1.94 bits per heavy atom. The van der Waals surface area contributed by atoms with Crippen LogP contribution in [0.2, 0.25) is 0 Å². The maximum Gasteiger partial charge on any atom is 0.420 e. The Kier molecular flexibility index (Phi) is 5.73. The third-order valence-corrected chi connectivity index (χ3v) is 6.63. The minimum atomic E-state index is -1.85. The molecule has 1 unspecified atom stereocenters. The van der Waals surface area contributed by atoms with Crippen molar-refractivity contribution in [2.75, 3.05) is 13.7 Å². The van der Waals surface area contributed by atoms with Gasteiger partial charge in [0.05, 0.1) is 16.9 Å². The van der Waals surface area contributed by atoms with Crippen molar-refractivity contribution in [2.45, 2.75) is 25.0 Å². The third kappa shape index (κ3) is 3.27. The predicted molar refractivity (Wildman–Crippen MR) is 125 cm³/mol. The van der Waals surface area contributed by atoms with Crippen molar-refractivity contribution < 1.29 is 18.7 Å². The summed E-state index contributed by atoms with van der Waals surface area (Å²) in [5, 5.41) is 4.29. The molecule has 1 aromatic heterocycles. The predicted octanol–water partition coefficient (Wildman–Crippen LogP) is 2.49. The fourth-order valence-corrected chi connectivity index (χ4v) is 4.99. The van der Waals surface area contributed by atoms with Crippen LogP contribution in [0.25, 0.3) is 5.69 Å². The number of aryl methyl sites for hydroxylation is 1. The SMILES string of the molecule is C#Cc1ccc([N+]2(C(N)=O)C[C@H](OC)C[C@]2(C(N)=O)c2ccc(-n3ccc(C)n3)cc2F)cc1. The topological polar surface area (TPSA) is 113 Å². The van der Waals surface area contributed by atoms with Crippen LogP contribution in [0.5, 0.6) is 0 Å². The van der Waals surface area contributed by atoms with Crippen LogP contribution in [0, 0.1) is 25.1 Å². The lowest BCUT2D eigenvalue weighted by Crippen LogP contribution is -2.70. The van der Waals surface area contributed by atoms with Crippen LogP contribution in [0.1, 0.15) is 23.2 Å². The van der Waals surface area contributed by atoms with Gasteiger partial charge >= 0.3 is 6.03 Å². The van der Waals surface area contributed by atoms with E-state index in [4.69, 9.17) is 22.6 Å². The summed E-state index contributed by atoms with van der Waals surface area (Å²) >= 11 is 0. The number of nitrogens with two attached hydrogens (primary N) is 2. The summed E-state index contributed by atoms with van der Waals surface area (Å²) in [7, 11) is 1.46. The van der Waals surface area contributed by atoms with Gasteiger partial charge in [-0.3, -0.25) is 4.79 Å². The first-order valence-corrected chi connectivity index (χ1v) is 10.6. The lowest BCUT2D eigenvalue weighted by molar-refractivity contribution is -0.127. The molecule has 3 atom stereocenters. The van der Waals surface area contributed by atoms with Gasteiger partial charge in [-0.15, -0.1) is 6.42 Å². The highest BCUT2D eigenvalue weighted by atomic mass is 19.1. The molecule has 1 saturated heterocycles. The summed E-state index contributed by atoms with van der Waals surface area (Å²) in [5.74, 6) is 0.894. The van der Waals surface area contributed by atoms with Crippen molar-refractivity contribution in [3.8, 4) is 18.0 Å². The summed E-state index contributed by atoms with van der Waals surface area (Å²) in [5.41, 5.74) is 12.2. The molecule has 0 saturated carbocycles. The molecule has 0 aliphatic carbocycles. The van der Waals surface area contributed by atoms with Gasteiger partial charge in [-0.1, -0.05) is 5.92 Å². The number of halogens is 1. The number of likely N-dealkylation sites (tertiary alicyclic amines) is 1. The molecule has 1 fully saturated rings. The molecule has 3 amide bonds. The van der Waals surface area contributed by atoms with Gasteiger partial charge in [0, 0.05) is 43.5 Å². The second-order valence-electron chi connectivity index (χ2n) is 8.37. The smallest absolute Gasteiger partial charge is 0.375 e. The molecule has 2 aromatic carbocycles. The highest BCUT2D eigenvalue weighted by Gasteiger charge is 2.69. The number of nitrogens with zero attached hydrogens (tertiary/aromatic N) is 3. The number of hydrogen-bond acceptors (Lipinski definition) is 4. The Balaban J connectivity index is 1.99. The quantitative estimate of drug-likeness (QED) is 0.448. The minimum Gasteiger partial charge on any atom is -0.375 e. The molecule has 174 valence electrons. The molecule has 3 aromatic rings. The van der Waals surface area contributed by atoms with Gasteiger partial charge in [0.15, 0.2) is 0 Å². The number of hydrogen-bond donors (Lipinski definition) is 2. The molecule has 1 aliphatic rings. The number of benzene rings is 2. The monoisotopic (exact) mass is 462 g/mol. The Morgan fingerprint density at radius 1 is 1.24 bits per heavy atom. The largest absolute Gasteiger partial charge is 0.420 e. The van der Waals surface area contributed by atoms with Crippen molar-refractivity contribution in [1.29, 1.82) is 0 Å². The van der Waals surface area contributed by atoms with Gasteiger partial charge < -0.3 is 16.2 Å². The molecule has 8 nitrogen and oxygen atoms in total. The highest BCUT2D eigenvalue weighted by molar-refractivity contribution is 5.99. The van der Waals surface area contributed by atoms with E-state index in [1.807, 2.05) is 6.92 Å². The molecule has 0 bridgehead atoms. The Morgan fingerprint density at radius 3 is 2.44 bits per heavy atom. The van der Waals surface area contributed by atoms with Crippen LogP contribution >= 0.6 is 0 Å². The number of methoxy groups -OCH3 is 1. The maximum atomic E-state index is 15.8. The van der Waals surface area contributed by atoms with E-state index < -0.39 is 33.9 Å². The number of carbonyl (C=O) groups excluding carboxylic acids is 2. The fourth-order valence-electron chi connectivity index (χ4n) is 4.99. The minimum absolute atomic E-state index is 0.0102. The number of urea groups is 1. The van der Waals surface area contributed by atoms with Gasteiger partial charge in [-0.2, -0.15) is 9.58 Å². The van der Waals surface area contributed by atoms with E-state index in [0.29, 0.717) is 16.9 Å². The second kappa shape index (κ2) is 8.41. The molecule has 0 spiro atoms. The van der Waals surface area contributed by atoms with Crippen LogP contribution < -0.4 is 16.0 Å². The van der Waals surface area contributed by atoms with Gasteiger partial charge in [0.1, 0.15) is 24.2 Å². The van der Waals surface area contributed by atoms with Gasteiger partial charge in [0.25, 0.3) is 5.91 Å². The Hall–Kier alpha value is -4.00. The molecule has 4 rings (SSSR count). The van der Waals surface area contributed by atoms with Crippen molar-refractivity contribution in [3.05, 3.63) is 77.4 Å². The third-order valence-electron chi connectivity index (χ3n) is 6.63. The molecular weight excluding hydrogens is 437 g/mol. The number of amides is 3. The number of primary amides is 2. The number of terminal acetylenes is 1. The number of aromatic nitrogens is 2. The average Bonchev–Trinajstić information content (AvgIpc) is 3.42. The molecule has 2 heterocycles. The standard InChI is InChI=1S/C25H24FN5O3/c1-4-17-5-8-19(9-6-17)31(24(28)33)15-20(34-3)14-25(31,23(27)32)21-10-7-18(13-22(21)26)30-12-11-16(2)29-30/h1,5-13,20H,14-15H2,2-3H3,(H3-,27,28,32,33)/p+1/t20-,25-,31?/m1/s1. The number of ether oxygens (including phenoxy) is 1. The Bertz CT molecular complexity index is 1310. The van der Waals surface area contributed by atoms with Gasteiger partial charge in [-0.05, 0) is 37.3 Å². The molecule has 9 heteroatoms. The summed E-state index contributed by atoms with van der Waals surface area (Å²) in [4.78, 5) is 26.4. The van der Waals surface area contributed by atoms with E-state index in [-0.39, 0.29) is 18.5 Å². The van der Waals surface area contributed by atoms with E-state index in [1.54, 1.807) is 42.6 Å². The van der Waals surface area contributed by atoms with E-state index >= 15 is 4.39 Å². The van der Waals surface area contributed by atoms with E-state index in [0.717, 1.165) is 5.69 Å².